The number of aliphatic hydroxyl groups excluding tert-OH is 1. The van der Waals surface area contributed by atoms with E-state index in [9.17, 15) is 0 Å². The molecule has 0 unspecified atom stereocenters. The fourth-order valence-corrected chi connectivity index (χ4v) is 3.13. The first-order chi connectivity index (χ1) is 14.6. The Balaban J connectivity index is 0.000000243. The molecule has 0 saturated heterocycles. The Morgan fingerprint density at radius 2 is 1.63 bits per heavy atom. The molecule has 4 rings (SSSR count). The number of likely N-dealkylation sites (N-methyl/N-ethyl adjacent to an activating group) is 1. The van der Waals surface area contributed by atoms with Crippen LogP contribution in [0.2, 0.25) is 0 Å². The number of allylic oxidation sites excluding steroid dienone is 2. The second-order valence-corrected chi connectivity index (χ2v) is 9.64. The zero-order valence-corrected chi connectivity index (χ0v) is 20.4. The van der Waals surface area contributed by atoms with Crippen molar-refractivity contribution in [2.75, 3.05) is 20.6 Å². The molecule has 0 atom stereocenters. The van der Waals surface area contributed by atoms with Gasteiger partial charge in [0.25, 0.3) is 0 Å². The van der Waals surface area contributed by atoms with Crippen molar-refractivity contribution in [2.24, 2.45) is 0 Å². The van der Waals surface area contributed by atoms with Crippen LogP contribution in [0.5, 0.6) is 0 Å². The van der Waals surface area contributed by atoms with Crippen LogP contribution < -0.4 is 0 Å². The second kappa shape index (κ2) is 13.8. The van der Waals surface area contributed by atoms with E-state index in [0.29, 0.717) is 0 Å². The first kappa shape index (κ1) is 24.9. The molecule has 30 heavy (non-hydrogen) atoms. The molecule has 0 heterocycles. The van der Waals surface area contributed by atoms with Crippen molar-refractivity contribution in [1.29, 1.82) is 0 Å². The van der Waals surface area contributed by atoms with Gasteiger partial charge in [0.1, 0.15) is 0 Å². The summed E-state index contributed by atoms with van der Waals surface area (Å²) < 4.78 is 0. The third-order valence-electron chi connectivity index (χ3n) is 4.47. The molecular formula is C25H26Cl2NOTi-. The molecule has 1 aliphatic carbocycles. The average molecular weight is 475 g/mol. The summed E-state index contributed by atoms with van der Waals surface area (Å²) in [4.78, 5) is 2.20. The molecule has 0 saturated carbocycles. The molecule has 0 spiro atoms. The first-order valence-corrected chi connectivity index (χ1v) is 13.9. The molecule has 2 nitrogen and oxygen atoms in total. The quantitative estimate of drug-likeness (QED) is 0.346. The Labute approximate surface area is 196 Å². The van der Waals surface area contributed by atoms with Gasteiger partial charge in [-0.3, -0.25) is 0 Å². The van der Waals surface area contributed by atoms with Crippen molar-refractivity contribution in [1.82, 2.24) is 4.90 Å². The number of aliphatic hydroxyl groups is 1. The molecule has 0 bridgehead atoms. The minimum absolute atomic E-state index is 0.140. The van der Waals surface area contributed by atoms with E-state index in [-0.39, 0.29) is 6.61 Å². The number of benzene rings is 3. The molecule has 1 N–H and O–H groups in total. The summed E-state index contributed by atoms with van der Waals surface area (Å²) in [5, 5.41) is 11.0. The van der Waals surface area contributed by atoms with Crippen LogP contribution in [-0.4, -0.2) is 30.6 Å². The molecule has 0 amide bonds. The summed E-state index contributed by atoms with van der Waals surface area (Å²) in [7, 11) is 14.0. The van der Waals surface area contributed by atoms with Gasteiger partial charge in [-0.2, -0.15) is 0 Å². The SMILES string of the molecule is CN(C)CC1=CCC(c2[c-]c3ccccc3cc2)=C1.OCc1ccccc1.[Cl][Ti][Cl]. The van der Waals surface area contributed by atoms with E-state index in [1.54, 1.807) is 0 Å². The fourth-order valence-electron chi connectivity index (χ4n) is 3.13. The fraction of sp³-hybridized carbons (Fsp3) is 0.200. The van der Waals surface area contributed by atoms with Crippen LogP contribution in [-0.2, 0) is 23.6 Å². The van der Waals surface area contributed by atoms with Crippen LogP contribution in [0.3, 0.4) is 0 Å². The van der Waals surface area contributed by atoms with Crippen molar-refractivity contribution >= 4 is 35.0 Å². The maximum absolute atomic E-state index is 8.54. The molecule has 0 fully saturated rings. The summed E-state index contributed by atoms with van der Waals surface area (Å²) in [6.45, 7) is 1.15. The number of nitrogens with zero attached hydrogens (tertiary/aromatic N) is 1. The molecular weight excluding hydrogens is 449 g/mol. The summed E-state index contributed by atoms with van der Waals surface area (Å²) in [6, 6.07) is 25.8. The third kappa shape index (κ3) is 8.39. The predicted molar refractivity (Wildman–Crippen MR) is 126 cm³/mol. The summed E-state index contributed by atoms with van der Waals surface area (Å²) >= 11 is -0.556. The molecule has 5 heteroatoms. The molecule has 156 valence electrons. The predicted octanol–water partition coefficient (Wildman–Crippen LogP) is 6.47. The topological polar surface area (TPSA) is 23.5 Å². The molecule has 3 aromatic carbocycles. The van der Waals surface area contributed by atoms with Crippen LogP contribution in [0, 0.1) is 6.07 Å². The van der Waals surface area contributed by atoms with E-state index in [0.717, 1.165) is 18.5 Å². The van der Waals surface area contributed by atoms with Crippen molar-refractivity contribution in [2.45, 2.75) is 13.0 Å². The van der Waals surface area contributed by atoms with Crippen LogP contribution in [0.15, 0.2) is 84.5 Å². The Morgan fingerprint density at radius 1 is 0.967 bits per heavy atom. The summed E-state index contributed by atoms with van der Waals surface area (Å²) in [5.41, 5.74) is 4.97. The van der Waals surface area contributed by atoms with E-state index < -0.39 is 17.0 Å². The van der Waals surface area contributed by atoms with Gasteiger partial charge in [-0.1, -0.05) is 66.1 Å². The molecule has 1 aliphatic rings. The summed E-state index contributed by atoms with van der Waals surface area (Å²) in [6.07, 6.45) is 5.65. The van der Waals surface area contributed by atoms with Gasteiger partial charge in [-0.15, -0.1) is 40.8 Å². The molecule has 3 aromatic rings. The average Bonchev–Trinajstić information content (AvgIpc) is 3.23. The number of hydrogen-bond acceptors (Lipinski definition) is 2. The number of rotatable bonds is 4. The van der Waals surface area contributed by atoms with Gasteiger partial charge >= 0.3 is 35.6 Å². The third-order valence-corrected chi connectivity index (χ3v) is 4.47. The number of fused-ring (bicyclic) bond motifs is 1. The Morgan fingerprint density at radius 3 is 2.27 bits per heavy atom. The van der Waals surface area contributed by atoms with E-state index in [1.807, 2.05) is 30.3 Å². The van der Waals surface area contributed by atoms with Gasteiger partial charge in [-0.25, -0.2) is 0 Å². The van der Waals surface area contributed by atoms with Crippen LogP contribution in [0.4, 0.5) is 0 Å². The van der Waals surface area contributed by atoms with Gasteiger partial charge in [0.05, 0.1) is 6.61 Å². The van der Waals surface area contributed by atoms with Crippen molar-refractivity contribution < 1.29 is 22.1 Å². The maximum atomic E-state index is 8.54. The van der Waals surface area contributed by atoms with Crippen molar-refractivity contribution in [3.8, 4) is 0 Å². The second-order valence-electron chi connectivity index (χ2n) is 7.06. The Hall–Kier alpha value is -1.39. The van der Waals surface area contributed by atoms with Gasteiger partial charge in [0.15, 0.2) is 0 Å². The molecule has 0 aromatic heterocycles. The van der Waals surface area contributed by atoms with Crippen LogP contribution >= 0.6 is 18.6 Å². The van der Waals surface area contributed by atoms with Crippen molar-refractivity contribution in [3.05, 3.63) is 102 Å². The van der Waals surface area contributed by atoms with Gasteiger partial charge in [-0.05, 0) is 31.7 Å². The number of halogens is 2. The zero-order chi connectivity index (χ0) is 21.8. The Bertz CT molecular complexity index is 971. The normalized spacial score (nSPS) is 12.3. The molecule has 0 aliphatic heterocycles. The van der Waals surface area contributed by atoms with Crippen LogP contribution in [0.25, 0.3) is 16.3 Å². The van der Waals surface area contributed by atoms with Crippen LogP contribution in [0.1, 0.15) is 17.5 Å². The van der Waals surface area contributed by atoms with Gasteiger partial charge in [0.2, 0.25) is 0 Å². The molecule has 0 radical (unpaired) electrons. The van der Waals surface area contributed by atoms with E-state index in [4.69, 9.17) is 23.7 Å². The number of hydrogen-bond donors (Lipinski definition) is 1. The van der Waals surface area contributed by atoms with Crippen molar-refractivity contribution in [3.63, 3.8) is 0 Å². The minimum atomic E-state index is -0.556. The van der Waals surface area contributed by atoms with E-state index in [1.165, 1.54) is 27.5 Å². The zero-order valence-electron chi connectivity index (χ0n) is 17.3. The summed E-state index contributed by atoms with van der Waals surface area (Å²) in [5.74, 6) is 0. The standard InChI is InChI=1S/C18H18N.C7H8O.2ClH.Ti/c1-19(2)13-14-7-8-17(11-14)18-10-9-15-5-3-4-6-16(15)12-18;8-6-7-4-2-1-3-5-7;;;/h3-7,9-11H,8,13H2,1-2H3;1-5,8H,6H2;2*1H;/q-1;;;;+2/p-2. The van der Waals surface area contributed by atoms with Gasteiger partial charge in [0, 0.05) is 6.54 Å². The van der Waals surface area contributed by atoms with E-state index >= 15 is 0 Å². The Kier molecular flexibility index (Phi) is 11.5. The monoisotopic (exact) mass is 474 g/mol. The first-order valence-electron chi connectivity index (χ1n) is 9.64. The van der Waals surface area contributed by atoms with Gasteiger partial charge < -0.3 is 10.0 Å². The van der Waals surface area contributed by atoms with E-state index in [2.05, 4.69) is 73.6 Å².